The van der Waals surface area contributed by atoms with Crippen molar-refractivity contribution in [1.29, 1.82) is 0 Å². The first-order valence-electron chi connectivity index (χ1n) is 17.7. The van der Waals surface area contributed by atoms with Crippen molar-refractivity contribution >= 4 is 11.8 Å². The number of rotatable bonds is 26. The number of aliphatic hydroxyl groups is 3. The van der Waals surface area contributed by atoms with Crippen molar-refractivity contribution in [3.8, 4) is 0 Å². The average molecular weight is 597 g/mol. The van der Waals surface area contributed by atoms with Crippen LogP contribution in [0, 0.1) is 5.92 Å². The zero-order valence-electron chi connectivity index (χ0n) is 27.0. The molecular formula is C35H64O7. The second-order valence-corrected chi connectivity index (χ2v) is 13.4. The molecule has 0 unspecified atom stereocenters. The van der Waals surface area contributed by atoms with Crippen LogP contribution in [0.4, 0.5) is 0 Å². The lowest BCUT2D eigenvalue weighted by Crippen LogP contribution is -2.31. The molecule has 2 rings (SSSR count). The second-order valence-electron chi connectivity index (χ2n) is 13.4. The molecule has 2 saturated heterocycles. The minimum atomic E-state index is -0.589. The number of carbonyl (C=O) groups excluding carboxylic acids is 2. The summed E-state index contributed by atoms with van der Waals surface area (Å²) in [5.41, 5.74) is 0. The van der Waals surface area contributed by atoms with E-state index < -0.39 is 18.3 Å². The summed E-state index contributed by atoms with van der Waals surface area (Å²) >= 11 is 0. The molecule has 0 amide bonds. The van der Waals surface area contributed by atoms with Crippen molar-refractivity contribution in [2.24, 2.45) is 5.92 Å². The molecule has 246 valence electrons. The molecule has 0 bridgehead atoms. The predicted molar refractivity (Wildman–Crippen MR) is 167 cm³/mol. The number of unbranched alkanes of at least 4 members (excludes halogenated alkanes) is 13. The molecule has 2 aliphatic rings. The van der Waals surface area contributed by atoms with Gasteiger partial charge in [-0.25, -0.2) is 0 Å². The fraction of sp³-hybridized carbons (Fsp3) is 0.943. The third-order valence-corrected chi connectivity index (χ3v) is 9.35. The van der Waals surface area contributed by atoms with Gasteiger partial charge < -0.3 is 29.6 Å². The van der Waals surface area contributed by atoms with Crippen LogP contribution in [0.3, 0.4) is 0 Å². The number of aliphatic hydroxyl groups excluding tert-OH is 3. The highest BCUT2D eigenvalue weighted by Crippen LogP contribution is 2.29. The molecule has 7 atom stereocenters. The molecule has 0 aromatic rings. The maximum Gasteiger partial charge on any atom is 0.309 e. The van der Waals surface area contributed by atoms with Crippen LogP contribution in [0.15, 0.2) is 0 Å². The molecule has 0 aromatic carbocycles. The van der Waals surface area contributed by atoms with Gasteiger partial charge in [-0.2, -0.15) is 0 Å². The minimum Gasteiger partial charge on any atom is -0.462 e. The van der Waals surface area contributed by atoms with Gasteiger partial charge in [0.15, 0.2) is 0 Å². The van der Waals surface area contributed by atoms with E-state index in [1.807, 2.05) is 0 Å². The molecule has 2 heterocycles. The van der Waals surface area contributed by atoms with Gasteiger partial charge in [0.2, 0.25) is 0 Å². The molecule has 7 nitrogen and oxygen atoms in total. The van der Waals surface area contributed by atoms with E-state index in [1.54, 1.807) is 0 Å². The average Bonchev–Trinajstić information content (AvgIpc) is 3.59. The summed E-state index contributed by atoms with van der Waals surface area (Å²) < 4.78 is 11.4. The first-order chi connectivity index (χ1) is 20.3. The third-order valence-electron chi connectivity index (χ3n) is 9.35. The van der Waals surface area contributed by atoms with Crippen LogP contribution in [-0.2, 0) is 19.1 Å². The Labute approximate surface area is 256 Å². The summed E-state index contributed by atoms with van der Waals surface area (Å²) in [6.07, 6.45) is 22.2. The first-order valence-corrected chi connectivity index (χ1v) is 17.7. The predicted octanol–water partition coefficient (Wildman–Crippen LogP) is 7.35. The standard InChI is InChI=1S/C35H64O7/c1-3-4-5-6-7-8-9-10-14-17-20-31(38)33-23-24-34(42-33)32(39)22-21-29(37)18-15-12-11-13-16-19-30-26-28(25-27(2)36)35(40)41-30/h28-34,37-39H,3-26H2,1-2H3/t28-,29+,30+,31+,32-,33+,34-/m0/s1. The smallest absolute Gasteiger partial charge is 0.309 e. The maximum absolute atomic E-state index is 11.8. The lowest BCUT2D eigenvalue weighted by molar-refractivity contribution is -0.145. The van der Waals surface area contributed by atoms with E-state index in [2.05, 4.69) is 6.92 Å². The summed E-state index contributed by atoms with van der Waals surface area (Å²) in [5.74, 6) is -0.426. The Bertz CT molecular complexity index is 713. The van der Waals surface area contributed by atoms with Crippen molar-refractivity contribution in [2.45, 2.75) is 205 Å². The number of cyclic esters (lactones) is 1. The van der Waals surface area contributed by atoms with Gasteiger partial charge in [0, 0.05) is 6.42 Å². The normalized spacial score (nSPS) is 24.5. The molecule has 2 fully saturated rings. The Morgan fingerprint density at radius 3 is 1.86 bits per heavy atom. The molecule has 2 aliphatic heterocycles. The van der Waals surface area contributed by atoms with Crippen molar-refractivity contribution in [1.82, 2.24) is 0 Å². The maximum atomic E-state index is 11.8. The fourth-order valence-electron chi connectivity index (χ4n) is 6.67. The Balaban J connectivity index is 1.42. The van der Waals surface area contributed by atoms with Crippen LogP contribution >= 0.6 is 0 Å². The molecule has 0 radical (unpaired) electrons. The summed E-state index contributed by atoms with van der Waals surface area (Å²) in [4.78, 5) is 23.1. The Hall–Kier alpha value is -1.02. The zero-order chi connectivity index (χ0) is 30.6. The second kappa shape index (κ2) is 22.5. The van der Waals surface area contributed by atoms with Crippen molar-refractivity contribution in [3.63, 3.8) is 0 Å². The summed E-state index contributed by atoms with van der Waals surface area (Å²) in [5, 5.41) is 31.6. The molecule has 7 heteroatoms. The number of esters is 1. The van der Waals surface area contributed by atoms with Gasteiger partial charge in [-0.3, -0.25) is 4.79 Å². The largest absolute Gasteiger partial charge is 0.462 e. The van der Waals surface area contributed by atoms with Gasteiger partial charge in [-0.1, -0.05) is 96.8 Å². The van der Waals surface area contributed by atoms with Crippen LogP contribution < -0.4 is 0 Å². The molecule has 0 saturated carbocycles. The third kappa shape index (κ3) is 16.2. The Morgan fingerprint density at radius 2 is 1.26 bits per heavy atom. The highest BCUT2D eigenvalue weighted by atomic mass is 16.6. The topological polar surface area (TPSA) is 113 Å². The molecule has 0 aliphatic carbocycles. The van der Waals surface area contributed by atoms with E-state index in [0.29, 0.717) is 25.7 Å². The number of ether oxygens (including phenoxy) is 2. The lowest BCUT2D eigenvalue weighted by atomic mass is 9.96. The fourth-order valence-corrected chi connectivity index (χ4v) is 6.67. The van der Waals surface area contributed by atoms with Gasteiger partial charge in [-0.05, 0) is 64.7 Å². The van der Waals surface area contributed by atoms with Crippen LogP contribution in [0.5, 0.6) is 0 Å². The number of Topliss-reactive ketones (excluding diaryl/α,β-unsaturated/α-hetero) is 1. The van der Waals surface area contributed by atoms with Crippen molar-refractivity contribution in [2.75, 3.05) is 0 Å². The Kier molecular flexibility index (Phi) is 19.9. The Morgan fingerprint density at radius 1 is 0.738 bits per heavy atom. The number of hydrogen-bond acceptors (Lipinski definition) is 7. The number of ketones is 1. The van der Waals surface area contributed by atoms with Crippen LogP contribution in [0.2, 0.25) is 0 Å². The highest BCUT2D eigenvalue weighted by Gasteiger charge is 2.35. The van der Waals surface area contributed by atoms with E-state index in [1.165, 1.54) is 64.7 Å². The van der Waals surface area contributed by atoms with Crippen LogP contribution in [0.1, 0.15) is 168 Å². The van der Waals surface area contributed by atoms with Gasteiger partial charge in [-0.15, -0.1) is 0 Å². The minimum absolute atomic E-state index is 0.0398. The molecule has 0 aromatic heterocycles. The highest BCUT2D eigenvalue weighted by molar-refractivity contribution is 5.83. The van der Waals surface area contributed by atoms with E-state index in [0.717, 1.165) is 70.6 Å². The summed E-state index contributed by atoms with van der Waals surface area (Å²) in [7, 11) is 0. The van der Waals surface area contributed by atoms with Crippen LogP contribution in [-0.4, -0.2) is 63.7 Å². The first kappa shape index (κ1) is 37.2. The van der Waals surface area contributed by atoms with Gasteiger partial charge in [0.05, 0.1) is 36.4 Å². The van der Waals surface area contributed by atoms with E-state index in [-0.39, 0.29) is 36.0 Å². The quantitative estimate of drug-likeness (QED) is 0.0707. The van der Waals surface area contributed by atoms with E-state index in [9.17, 15) is 24.9 Å². The molecule has 42 heavy (non-hydrogen) atoms. The monoisotopic (exact) mass is 596 g/mol. The van der Waals surface area contributed by atoms with Crippen molar-refractivity contribution in [3.05, 3.63) is 0 Å². The van der Waals surface area contributed by atoms with E-state index >= 15 is 0 Å². The molecule has 3 N–H and O–H groups in total. The van der Waals surface area contributed by atoms with Crippen LogP contribution in [0.25, 0.3) is 0 Å². The SMILES string of the molecule is CCCCCCCCCCCC[C@@H](O)[C@H]1CC[C@@H]([C@@H](O)CC[C@H](O)CCCCCCC[C@@H]2C[C@H](CC(C)=O)C(=O)O2)O1. The van der Waals surface area contributed by atoms with Crippen molar-refractivity contribution < 1.29 is 34.4 Å². The zero-order valence-corrected chi connectivity index (χ0v) is 27.0. The number of hydrogen-bond donors (Lipinski definition) is 3. The lowest BCUT2D eigenvalue weighted by Gasteiger charge is -2.23. The number of carbonyl (C=O) groups is 2. The van der Waals surface area contributed by atoms with Gasteiger partial charge in [0.25, 0.3) is 0 Å². The van der Waals surface area contributed by atoms with Gasteiger partial charge >= 0.3 is 5.97 Å². The molecule has 0 spiro atoms. The summed E-state index contributed by atoms with van der Waals surface area (Å²) in [6.45, 7) is 3.77. The van der Waals surface area contributed by atoms with E-state index in [4.69, 9.17) is 9.47 Å². The van der Waals surface area contributed by atoms with Gasteiger partial charge in [0.1, 0.15) is 11.9 Å². The summed E-state index contributed by atoms with van der Waals surface area (Å²) in [6, 6.07) is 0. The molecular weight excluding hydrogens is 532 g/mol.